The number of amides is 1. The van der Waals surface area contributed by atoms with E-state index in [2.05, 4.69) is 5.32 Å². The lowest BCUT2D eigenvalue weighted by Gasteiger charge is -2.14. The molecular formula is C12H16ClF2N3O. The zero-order chi connectivity index (χ0) is 13.1. The average Bonchev–Trinajstić information content (AvgIpc) is 2.69. The molecule has 7 heteroatoms. The molecule has 1 aliphatic rings. The standard InChI is InChI=1S/C12H15F2N3O.ClH/c13-8-1-2-10(14)11(5-8)16-12(18)7-17-4-3-9(15)6-17;/h1-2,5,9H,3-4,6-7,15H2,(H,16,18);1H/t9-;/m1./s1. The summed E-state index contributed by atoms with van der Waals surface area (Å²) in [4.78, 5) is 13.5. The Labute approximate surface area is 116 Å². The summed E-state index contributed by atoms with van der Waals surface area (Å²) in [6.07, 6.45) is 0.849. The van der Waals surface area contributed by atoms with Crippen molar-refractivity contribution in [1.29, 1.82) is 0 Å². The first-order valence-corrected chi connectivity index (χ1v) is 5.77. The molecule has 1 fully saturated rings. The summed E-state index contributed by atoms with van der Waals surface area (Å²) in [5.74, 6) is -1.61. The van der Waals surface area contributed by atoms with Crippen LogP contribution < -0.4 is 11.1 Å². The molecule has 0 aromatic heterocycles. The van der Waals surface area contributed by atoms with E-state index >= 15 is 0 Å². The Kier molecular flexibility index (Phi) is 5.65. The number of hydrogen-bond donors (Lipinski definition) is 2. The van der Waals surface area contributed by atoms with Gasteiger partial charge < -0.3 is 11.1 Å². The van der Waals surface area contributed by atoms with Gasteiger partial charge in [0.15, 0.2) is 0 Å². The number of likely N-dealkylation sites (tertiary alicyclic amines) is 1. The number of carbonyl (C=O) groups excluding carboxylic acids is 1. The van der Waals surface area contributed by atoms with Gasteiger partial charge in [-0.3, -0.25) is 9.69 Å². The summed E-state index contributed by atoms with van der Waals surface area (Å²) in [6.45, 7) is 1.54. The number of nitrogens with one attached hydrogen (secondary N) is 1. The van der Waals surface area contributed by atoms with Gasteiger partial charge in [0.2, 0.25) is 5.91 Å². The second-order valence-corrected chi connectivity index (χ2v) is 4.46. The van der Waals surface area contributed by atoms with E-state index in [9.17, 15) is 13.6 Å². The molecule has 0 unspecified atom stereocenters. The summed E-state index contributed by atoms with van der Waals surface area (Å²) in [7, 11) is 0. The fraction of sp³-hybridized carbons (Fsp3) is 0.417. The second-order valence-electron chi connectivity index (χ2n) is 4.46. The highest BCUT2D eigenvalue weighted by atomic mass is 35.5. The summed E-state index contributed by atoms with van der Waals surface area (Å²) in [6, 6.07) is 3.04. The summed E-state index contributed by atoms with van der Waals surface area (Å²) in [5, 5.41) is 2.36. The Hall–Kier alpha value is -1.24. The number of nitrogens with two attached hydrogens (primary N) is 1. The minimum atomic E-state index is -0.650. The van der Waals surface area contributed by atoms with Gasteiger partial charge in [-0.2, -0.15) is 0 Å². The van der Waals surface area contributed by atoms with Gasteiger partial charge in [-0.05, 0) is 18.6 Å². The summed E-state index contributed by atoms with van der Waals surface area (Å²) in [5.41, 5.74) is 5.58. The fourth-order valence-corrected chi connectivity index (χ4v) is 1.99. The lowest BCUT2D eigenvalue weighted by atomic mass is 10.3. The molecule has 1 aromatic rings. The number of anilines is 1. The van der Waals surface area contributed by atoms with Crippen LogP contribution in [0.15, 0.2) is 18.2 Å². The Bertz CT molecular complexity index is 459. The van der Waals surface area contributed by atoms with E-state index < -0.39 is 11.6 Å². The van der Waals surface area contributed by atoms with Crippen LogP contribution in [-0.2, 0) is 4.79 Å². The molecule has 0 saturated carbocycles. The van der Waals surface area contributed by atoms with Gasteiger partial charge in [-0.1, -0.05) is 0 Å². The van der Waals surface area contributed by atoms with Crippen LogP contribution in [0, 0.1) is 11.6 Å². The van der Waals surface area contributed by atoms with E-state index in [1.54, 1.807) is 0 Å². The van der Waals surface area contributed by atoms with Crippen molar-refractivity contribution in [2.24, 2.45) is 5.73 Å². The molecule has 1 heterocycles. The predicted molar refractivity (Wildman–Crippen MR) is 71.3 cm³/mol. The van der Waals surface area contributed by atoms with E-state index in [0.29, 0.717) is 6.54 Å². The molecule has 0 spiro atoms. The number of nitrogens with zero attached hydrogens (tertiary/aromatic N) is 1. The Morgan fingerprint density at radius 1 is 1.47 bits per heavy atom. The monoisotopic (exact) mass is 291 g/mol. The van der Waals surface area contributed by atoms with Crippen molar-refractivity contribution in [3.63, 3.8) is 0 Å². The second kappa shape index (κ2) is 6.79. The minimum absolute atomic E-state index is 0. The van der Waals surface area contributed by atoms with Gasteiger partial charge in [0.25, 0.3) is 0 Å². The lowest BCUT2D eigenvalue weighted by molar-refractivity contribution is -0.117. The van der Waals surface area contributed by atoms with Crippen LogP contribution >= 0.6 is 12.4 Å². The average molecular weight is 292 g/mol. The third-order valence-corrected chi connectivity index (χ3v) is 2.88. The molecule has 19 heavy (non-hydrogen) atoms. The first-order chi connectivity index (χ1) is 8.54. The summed E-state index contributed by atoms with van der Waals surface area (Å²) >= 11 is 0. The molecule has 2 rings (SSSR count). The maximum Gasteiger partial charge on any atom is 0.238 e. The van der Waals surface area contributed by atoms with E-state index in [1.807, 2.05) is 4.90 Å². The first kappa shape index (κ1) is 15.8. The maximum atomic E-state index is 13.3. The normalized spacial score (nSPS) is 19.0. The molecular weight excluding hydrogens is 276 g/mol. The van der Waals surface area contributed by atoms with Crippen LogP contribution in [-0.4, -0.2) is 36.5 Å². The van der Waals surface area contributed by atoms with Gasteiger partial charge >= 0.3 is 0 Å². The quantitative estimate of drug-likeness (QED) is 0.884. The van der Waals surface area contributed by atoms with Crippen molar-refractivity contribution in [2.75, 3.05) is 25.0 Å². The van der Waals surface area contributed by atoms with Gasteiger partial charge in [0, 0.05) is 25.2 Å². The molecule has 0 radical (unpaired) electrons. The Morgan fingerprint density at radius 3 is 2.84 bits per heavy atom. The van der Waals surface area contributed by atoms with Crippen molar-refractivity contribution in [2.45, 2.75) is 12.5 Å². The molecule has 1 aliphatic heterocycles. The Balaban J connectivity index is 0.00000180. The van der Waals surface area contributed by atoms with Gasteiger partial charge in [-0.15, -0.1) is 12.4 Å². The van der Waals surface area contributed by atoms with Crippen LogP contribution in [0.4, 0.5) is 14.5 Å². The predicted octanol–water partition coefficient (Wildman–Crippen LogP) is 1.36. The van der Waals surface area contributed by atoms with Crippen molar-refractivity contribution in [3.05, 3.63) is 29.8 Å². The fourth-order valence-electron chi connectivity index (χ4n) is 1.99. The van der Waals surface area contributed by atoms with E-state index in [4.69, 9.17) is 5.73 Å². The maximum absolute atomic E-state index is 13.3. The topological polar surface area (TPSA) is 58.4 Å². The number of hydrogen-bond acceptors (Lipinski definition) is 3. The van der Waals surface area contributed by atoms with E-state index in [-0.39, 0.29) is 36.6 Å². The van der Waals surface area contributed by atoms with Gasteiger partial charge in [0.1, 0.15) is 11.6 Å². The van der Waals surface area contributed by atoms with Gasteiger partial charge in [0.05, 0.1) is 12.2 Å². The smallest absolute Gasteiger partial charge is 0.238 e. The third kappa shape index (κ3) is 4.41. The largest absolute Gasteiger partial charge is 0.326 e. The molecule has 1 amide bonds. The lowest BCUT2D eigenvalue weighted by Crippen LogP contribution is -2.33. The molecule has 0 aliphatic carbocycles. The minimum Gasteiger partial charge on any atom is -0.326 e. The zero-order valence-corrected chi connectivity index (χ0v) is 11.1. The molecule has 106 valence electrons. The number of carbonyl (C=O) groups is 1. The highest BCUT2D eigenvalue weighted by molar-refractivity contribution is 5.92. The summed E-state index contributed by atoms with van der Waals surface area (Å²) < 4.78 is 26.2. The molecule has 3 N–H and O–H groups in total. The van der Waals surface area contributed by atoms with Crippen LogP contribution in [0.3, 0.4) is 0 Å². The SMILES string of the molecule is Cl.N[C@@H]1CCN(CC(=O)Nc2cc(F)ccc2F)C1. The molecule has 1 saturated heterocycles. The first-order valence-electron chi connectivity index (χ1n) is 5.77. The molecule has 1 aromatic carbocycles. The van der Waals surface area contributed by atoms with E-state index in [1.165, 1.54) is 0 Å². The number of rotatable bonds is 3. The molecule has 1 atom stereocenters. The Morgan fingerprint density at radius 2 is 2.21 bits per heavy atom. The van der Waals surface area contributed by atoms with Gasteiger partial charge in [-0.25, -0.2) is 8.78 Å². The van der Waals surface area contributed by atoms with E-state index in [0.717, 1.165) is 31.2 Å². The van der Waals surface area contributed by atoms with Crippen LogP contribution in [0.1, 0.15) is 6.42 Å². The van der Waals surface area contributed by atoms with Crippen molar-refractivity contribution in [1.82, 2.24) is 4.90 Å². The zero-order valence-electron chi connectivity index (χ0n) is 10.2. The van der Waals surface area contributed by atoms with Crippen LogP contribution in [0.2, 0.25) is 0 Å². The molecule has 0 bridgehead atoms. The van der Waals surface area contributed by atoms with Crippen molar-refractivity contribution in [3.8, 4) is 0 Å². The molecule has 4 nitrogen and oxygen atoms in total. The van der Waals surface area contributed by atoms with Crippen LogP contribution in [0.25, 0.3) is 0 Å². The highest BCUT2D eigenvalue weighted by Gasteiger charge is 2.21. The highest BCUT2D eigenvalue weighted by Crippen LogP contribution is 2.15. The van der Waals surface area contributed by atoms with Crippen molar-refractivity contribution < 1.29 is 13.6 Å². The van der Waals surface area contributed by atoms with Crippen molar-refractivity contribution >= 4 is 24.0 Å². The van der Waals surface area contributed by atoms with Crippen LogP contribution in [0.5, 0.6) is 0 Å². The third-order valence-electron chi connectivity index (χ3n) is 2.88. The number of benzene rings is 1. The number of halogens is 3.